The number of alkyl halides is 3. The lowest BCUT2D eigenvalue weighted by molar-refractivity contribution is -0.317. The van der Waals surface area contributed by atoms with Gasteiger partial charge in [-0.25, -0.2) is 4.98 Å². The number of amides is 2. The lowest BCUT2D eigenvalue weighted by Crippen LogP contribution is -2.66. The Kier molecular flexibility index (Phi) is 6.82. The number of aromatic nitrogens is 1. The number of carbonyl (C=O) groups is 2. The molecule has 1 aliphatic carbocycles. The third-order valence-corrected chi connectivity index (χ3v) is 10.9. The van der Waals surface area contributed by atoms with Gasteiger partial charge in [0.25, 0.3) is 11.8 Å². The van der Waals surface area contributed by atoms with Gasteiger partial charge in [-0.1, -0.05) is 11.3 Å². The molecule has 6 aliphatic rings. The third-order valence-electron chi connectivity index (χ3n) is 9.84. The molecule has 0 radical (unpaired) electrons. The van der Waals surface area contributed by atoms with Crippen molar-refractivity contribution in [1.29, 1.82) is 0 Å². The van der Waals surface area contributed by atoms with E-state index in [2.05, 4.69) is 15.5 Å². The van der Waals surface area contributed by atoms with Crippen LogP contribution < -0.4 is 29.7 Å². The van der Waals surface area contributed by atoms with Crippen molar-refractivity contribution in [1.82, 2.24) is 10.3 Å². The van der Waals surface area contributed by atoms with Crippen LogP contribution in [0, 0.1) is 0 Å². The van der Waals surface area contributed by atoms with Gasteiger partial charge in [-0.05, 0) is 50.3 Å². The number of nitrogens with zero attached hydrogens (tertiary/aromatic N) is 2. The highest BCUT2D eigenvalue weighted by Gasteiger charge is 2.63. The van der Waals surface area contributed by atoms with Crippen molar-refractivity contribution in [2.75, 3.05) is 50.4 Å². The molecule has 2 unspecified atom stereocenters. The number of morpholine rings is 1. The predicted octanol–water partition coefficient (Wildman–Crippen LogP) is 4.68. The fourth-order valence-electron chi connectivity index (χ4n) is 7.20. The number of thiazole rings is 1. The topological polar surface area (TPSA) is 120 Å². The van der Waals surface area contributed by atoms with Crippen molar-refractivity contribution in [2.24, 2.45) is 0 Å². The molecule has 15 heteroatoms. The largest absolute Gasteiger partial charge is 0.496 e. The zero-order valence-electron chi connectivity index (χ0n) is 24.8. The van der Waals surface area contributed by atoms with Gasteiger partial charge in [0.1, 0.15) is 24.5 Å². The Morgan fingerprint density at radius 1 is 1.04 bits per heavy atom. The van der Waals surface area contributed by atoms with E-state index < -0.39 is 29.1 Å². The average molecular weight is 661 g/mol. The fourth-order valence-corrected chi connectivity index (χ4v) is 8.45. The quantitative estimate of drug-likeness (QED) is 0.389. The first-order valence-electron chi connectivity index (χ1n) is 15.2. The second-order valence-electron chi connectivity index (χ2n) is 12.5. The van der Waals surface area contributed by atoms with E-state index in [1.807, 2.05) is 6.07 Å². The van der Waals surface area contributed by atoms with E-state index in [9.17, 15) is 22.8 Å². The SMILES string of the molecule is COc1ccc2nc(N3C4COCC3C4)sc2c1C(=O)Nc1cc2c(cc1C(=O)NC13CCC(C(F)(F)F)(CC1)OC3)OCCO2. The molecule has 2 N–H and O–H groups in total. The molecule has 5 aliphatic heterocycles. The molecule has 46 heavy (non-hydrogen) atoms. The number of hydrogen-bond acceptors (Lipinski definition) is 10. The maximum absolute atomic E-state index is 14.1. The summed E-state index contributed by atoms with van der Waals surface area (Å²) in [5, 5.41) is 6.63. The number of rotatable bonds is 6. The van der Waals surface area contributed by atoms with Gasteiger partial charge in [-0.15, -0.1) is 0 Å². The summed E-state index contributed by atoms with van der Waals surface area (Å²) in [7, 11) is 1.48. The molecule has 9 rings (SSSR count). The highest BCUT2D eigenvalue weighted by molar-refractivity contribution is 7.22. The molecule has 3 aromatic rings. The molecule has 6 heterocycles. The van der Waals surface area contributed by atoms with Crippen LogP contribution in [0.5, 0.6) is 17.2 Å². The summed E-state index contributed by atoms with van der Waals surface area (Å²) >= 11 is 1.40. The van der Waals surface area contributed by atoms with E-state index in [1.165, 1.54) is 30.6 Å². The summed E-state index contributed by atoms with van der Waals surface area (Å²) in [6, 6.07) is 7.00. The number of methoxy groups -OCH3 is 1. The van der Waals surface area contributed by atoms with E-state index >= 15 is 0 Å². The smallest absolute Gasteiger partial charge is 0.417 e. The van der Waals surface area contributed by atoms with Crippen LogP contribution >= 0.6 is 11.3 Å². The van der Waals surface area contributed by atoms with Gasteiger partial charge in [0.2, 0.25) is 0 Å². The average Bonchev–Trinajstić information content (AvgIpc) is 3.47. The molecule has 4 saturated heterocycles. The highest BCUT2D eigenvalue weighted by Crippen LogP contribution is 2.52. The molecular weight excluding hydrogens is 629 g/mol. The number of halogens is 3. The van der Waals surface area contributed by atoms with E-state index in [0.29, 0.717) is 40.7 Å². The van der Waals surface area contributed by atoms with Gasteiger partial charge < -0.3 is 39.2 Å². The van der Waals surface area contributed by atoms with Crippen molar-refractivity contribution in [3.05, 3.63) is 35.4 Å². The van der Waals surface area contributed by atoms with Crippen LogP contribution in [-0.4, -0.2) is 86.3 Å². The minimum absolute atomic E-state index is 0.0785. The minimum atomic E-state index is -4.48. The molecule has 11 nitrogen and oxygen atoms in total. The number of benzene rings is 2. The number of anilines is 2. The molecule has 4 bridgehead atoms. The maximum atomic E-state index is 14.1. The molecule has 2 amide bonds. The first-order valence-corrected chi connectivity index (χ1v) is 16.0. The summed E-state index contributed by atoms with van der Waals surface area (Å²) in [4.78, 5) is 35.0. The number of ether oxygens (including phenoxy) is 5. The van der Waals surface area contributed by atoms with Crippen molar-refractivity contribution in [3.8, 4) is 17.2 Å². The maximum Gasteiger partial charge on any atom is 0.417 e. The van der Waals surface area contributed by atoms with Crippen molar-refractivity contribution >= 4 is 44.2 Å². The molecule has 2 aromatic carbocycles. The van der Waals surface area contributed by atoms with Crippen molar-refractivity contribution < 1.29 is 46.4 Å². The van der Waals surface area contributed by atoms with Crippen LogP contribution in [0.15, 0.2) is 24.3 Å². The Hall–Kier alpha value is -3.82. The Morgan fingerprint density at radius 2 is 1.76 bits per heavy atom. The van der Waals surface area contributed by atoms with Crippen LogP contribution in [0.3, 0.4) is 0 Å². The van der Waals surface area contributed by atoms with Gasteiger partial charge in [0.15, 0.2) is 22.2 Å². The molecule has 0 spiro atoms. The molecule has 244 valence electrons. The second-order valence-corrected chi connectivity index (χ2v) is 13.5. The highest BCUT2D eigenvalue weighted by atomic mass is 32.1. The van der Waals surface area contributed by atoms with Gasteiger partial charge in [-0.3, -0.25) is 9.59 Å². The monoisotopic (exact) mass is 660 g/mol. The van der Waals surface area contributed by atoms with Gasteiger partial charge in [-0.2, -0.15) is 13.2 Å². The summed E-state index contributed by atoms with van der Waals surface area (Å²) in [6.07, 6.45) is -3.70. The number of nitrogens with one attached hydrogen (secondary N) is 2. The minimum Gasteiger partial charge on any atom is -0.496 e. The van der Waals surface area contributed by atoms with Crippen molar-refractivity contribution in [2.45, 2.75) is 61.5 Å². The third kappa shape index (κ3) is 4.65. The van der Waals surface area contributed by atoms with E-state index in [4.69, 9.17) is 28.7 Å². The normalized spacial score (nSPS) is 28.0. The Bertz CT molecular complexity index is 1710. The number of fused-ring (bicyclic) bond motifs is 7. The van der Waals surface area contributed by atoms with Crippen molar-refractivity contribution in [3.63, 3.8) is 0 Å². The Labute approximate surface area is 265 Å². The van der Waals surface area contributed by atoms with E-state index in [0.717, 1.165) is 11.6 Å². The molecular formula is C31H31F3N4O7S. The number of hydrogen-bond donors (Lipinski definition) is 2. The lowest BCUT2D eigenvalue weighted by atomic mass is 9.70. The summed E-state index contributed by atoms with van der Waals surface area (Å²) in [5.74, 6) is -0.0927. The van der Waals surface area contributed by atoms with Gasteiger partial charge >= 0.3 is 6.18 Å². The molecule has 5 fully saturated rings. The zero-order valence-corrected chi connectivity index (χ0v) is 25.6. The second kappa shape index (κ2) is 10.6. The summed E-state index contributed by atoms with van der Waals surface area (Å²) < 4.78 is 69.8. The molecule has 2 atom stereocenters. The Balaban J connectivity index is 1.10. The Morgan fingerprint density at radius 3 is 2.39 bits per heavy atom. The summed E-state index contributed by atoms with van der Waals surface area (Å²) in [6.45, 7) is 1.56. The zero-order chi connectivity index (χ0) is 31.8. The first kappa shape index (κ1) is 29.6. The van der Waals surface area contributed by atoms with Gasteiger partial charge in [0.05, 0.1) is 66.0 Å². The lowest BCUT2D eigenvalue weighted by Gasteiger charge is -2.53. The van der Waals surface area contributed by atoms with Crippen LogP contribution in [0.4, 0.5) is 24.0 Å². The van der Waals surface area contributed by atoms with Crippen LogP contribution in [0.1, 0.15) is 52.8 Å². The first-order chi connectivity index (χ1) is 22.1. The van der Waals surface area contributed by atoms with Crippen LogP contribution in [0.25, 0.3) is 10.2 Å². The molecule has 1 saturated carbocycles. The van der Waals surface area contributed by atoms with Crippen LogP contribution in [0.2, 0.25) is 0 Å². The standard InChI is InChI=1S/C31H31F3N4O7S/c1-41-21-3-2-19-25(46-28(36-19)38-16-10-17(38)14-42-13-16)24(21)27(40)35-20-12-23-22(43-8-9-44-23)11-18(20)26(39)37-29-4-6-30(7-5-29,45-15-29)31(32,33)34/h2-3,11-12,16-17H,4-10,13-15H2,1H3,(H,35,40)(H,37,39). The van der Waals surface area contributed by atoms with Crippen LogP contribution in [-0.2, 0) is 9.47 Å². The van der Waals surface area contributed by atoms with Gasteiger partial charge in [0, 0.05) is 6.07 Å². The fraction of sp³-hybridized carbons (Fsp3) is 0.516. The van der Waals surface area contributed by atoms with E-state index in [-0.39, 0.29) is 74.4 Å². The van der Waals surface area contributed by atoms with E-state index in [1.54, 1.807) is 6.07 Å². The number of carbonyl (C=O) groups excluding carboxylic acids is 2. The molecule has 1 aromatic heterocycles. The predicted molar refractivity (Wildman–Crippen MR) is 160 cm³/mol. The summed E-state index contributed by atoms with van der Waals surface area (Å²) in [5.41, 5.74) is -2.00.